The van der Waals surface area contributed by atoms with Gasteiger partial charge in [-0.15, -0.1) is 0 Å². The summed E-state index contributed by atoms with van der Waals surface area (Å²) in [5.74, 6) is -1.55. The lowest BCUT2D eigenvalue weighted by Crippen LogP contribution is -2.40. The van der Waals surface area contributed by atoms with E-state index < -0.39 is 11.8 Å². The second-order valence-corrected chi connectivity index (χ2v) is 7.98. The molecule has 0 aliphatic carbocycles. The summed E-state index contributed by atoms with van der Waals surface area (Å²) < 4.78 is 5.28. The molecule has 0 bridgehead atoms. The first-order chi connectivity index (χ1) is 14.9. The monoisotopic (exact) mass is 479 g/mol. The summed E-state index contributed by atoms with van der Waals surface area (Å²) in [5.41, 5.74) is 0.900. The van der Waals surface area contributed by atoms with Gasteiger partial charge in [-0.05, 0) is 30.3 Å². The Bertz CT molecular complexity index is 1110. The number of amides is 3. The lowest BCUT2D eigenvalue weighted by atomic mass is 10.1. The summed E-state index contributed by atoms with van der Waals surface area (Å²) in [6, 6.07) is 11.2. The Morgan fingerprint density at radius 1 is 0.968 bits per heavy atom. The molecule has 0 saturated carbocycles. The minimum atomic E-state index is -0.723. The summed E-state index contributed by atoms with van der Waals surface area (Å²) in [7, 11) is 0. The van der Waals surface area contributed by atoms with Crippen LogP contribution >= 0.6 is 34.8 Å². The molecule has 2 aromatic carbocycles. The zero-order chi connectivity index (χ0) is 22.1. The fourth-order valence-corrected chi connectivity index (χ4v) is 3.91. The number of imide groups is 1. The van der Waals surface area contributed by atoms with Gasteiger partial charge in [0.15, 0.2) is 0 Å². The van der Waals surface area contributed by atoms with Crippen molar-refractivity contribution in [3.63, 3.8) is 0 Å². The fraction of sp³-hybridized carbons (Fsp3) is 0.190. The zero-order valence-corrected chi connectivity index (χ0v) is 18.3. The van der Waals surface area contributed by atoms with Gasteiger partial charge in [-0.1, -0.05) is 46.9 Å². The predicted octanol–water partition coefficient (Wildman–Crippen LogP) is 3.90. The van der Waals surface area contributed by atoms with Gasteiger partial charge < -0.3 is 15.0 Å². The molecule has 1 N–H and O–H groups in total. The van der Waals surface area contributed by atoms with E-state index in [-0.39, 0.29) is 32.4 Å². The molecule has 160 valence electrons. The maximum atomic E-state index is 13.0. The van der Waals surface area contributed by atoms with Crippen molar-refractivity contribution in [2.75, 3.05) is 36.5 Å². The van der Waals surface area contributed by atoms with E-state index in [1.165, 1.54) is 6.07 Å². The van der Waals surface area contributed by atoms with E-state index in [1.54, 1.807) is 41.3 Å². The molecule has 2 heterocycles. The van der Waals surface area contributed by atoms with Gasteiger partial charge in [0, 0.05) is 24.3 Å². The van der Waals surface area contributed by atoms with E-state index in [4.69, 9.17) is 39.5 Å². The minimum Gasteiger partial charge on any atom is -0.378 e. The first-order valence-corrected chi connectivity index (χ1v) is 10.5. The molecular formula is C21H16Cl3N3O4. The van der Waals surface area contributed by atoms with Gasteiger partial charge >= 0.3 is 0 Å². The normalized spacial score (nSPS) is 16.9. The molecule has 0 radical (unpaired) electrons. The molecule has 0 unspecified atom stereocenters. The minimum absolute atomic E-state index is 0.0645. The molecule has 31 heavy (non-hydrogen) atoms. The molecule has 2 aliphatic rings. The van der Waals surface area contributed by atoms with Crippen LogP contribution in [0.25, 0.3) is 0 Å². The summed E-state index contributed by atoms with van der Waals surface area (Å²) in [6.07, 6.45) is 0. The Balaban J connectivity index is 1.58. The van der Waals surface area contributed by atoms with E-state index >= 15 is 0 Å². The van der Waals surface area contributed by atoms with Crippen LogP contribution in [0.3, 0.4) is 0 Å². The number of carbonyl (C=O) groups is 3. The summed E-state index contributed by atoms with van der Waals surface area (Å²) >= 11 is 18.4. The van der Waals surface area contributed by atoms with Crippen LogP contribution < -0.4 is 10.2 Å². The number of hydrogen-bond donors (Lipinski definition) is 1. The zero-order valence-electron chi connectivity index (χ0n) is 16.0. The van der Waals surface area contributed by atoms with Crippen molar-refractivity contribution in [2.24, 2.45) is 0 Å². The van der Waals surface area contributed by atoms with Crippen LogP contribution in [0, 0.1) is 0 Å². The van der Waals surface area contributed by atoms with Crippen LogP contribution in [0.15, 0.2) is 53.2 Å². The molecule has 0 aromatic heterocycles. The van der Waals surface area contributed by atoms with E-state index in [2.05, 4.69) is 5.32 Å². The number of hydrogen-bond acceptors (Lipinski definition) is 5. The van der Waals surface area contributed by atoms with Crippen molar-refractivity contribution >= 4 is 63.9 Å². The standard InChI is InChI=1S/C21H16Cl3N3O4/c22-14-5-2-6-15(16(14)23)27-20(29)17(24)18(21(27)30)25-13-4-1-3-12(11-13)19(28)26-7-9-31-10-8-26/h1-6,11,25H,7-10H2. The molecule has 7 nitrogen and oxygen atoms in total. The number of carbonyl (C=O) groups excluding carboxylic acids is 3. The van der Waals surface area contributed by atoms with Crippen LogP contribution in [-0.4, -0.2) is 48.9 Å². The number of nitrogens with one attached hydrogen (secondary N) is 1. The predicted molar refractivity (Wildman–Crippen MR) is 119 cm³/mol. The molecule has 2 aliphatic heterocycles. The van der Waals surface area contributed by atoms with Gasteiger partial charge in [0.2, 0.25) is 0 Å². The third kappa shape index (κ3) is 4.14. The van der Waals surface area contributed by atoms with Gasteiger partial charge in [-0.25, -0.2) is 4.90 Å². The lowest BCUT2D eigenvalue weighted by Gasteiger charge is -2.27. The van der Waals surface area contributed by atoms with E-state index in [1.807, 2.05) is 0 Å². The van der Waals surface area contributed by atoms with Crippen LogP contribution in [0.2, 0.25) is 10.0 Å². The van der Waals surface area contributed by atoms with Gasteiger partial charge in [0.1, 0.15) is 10.7 Å². The highest BCUT2D eigenvalue weighted by atomic mass is 35.5. The molecule has 2 aromatic rings. The van der Waals surface area contributed by atoms with Crippen molar-refractivity contribution in [2.45, 2.75) is 0 Å². The SMILES string of the molecule is O=C(c1cccc(NC2=C(Cl)C(=O)N(c3cccc(Cl)c3Cl)C2=O)c1)N1CCOCC1. The number of morpholine rings is 1. The average molecular weight is 481 g/mol. The first-order valence-electron chi connectivity index (χ1n) is 9.35. The quantitative estimate of drug-likeness (QED) is 0.672. The molecule has 3 amide bonds. The second kappa shape index (κ2) is 8.88. The van der Waals surface area contributed by atoms with Gasteiger partial charge in [0.25, 0.3) is 17.7 Å². The van der Waals surface area contributed by atoms with E-state index in [9.17, 15) is 14.4 Å². The van der Waals surface area contributed by atoms with Gasteiger partial charge in [-0.2, -0.15) is 0 Å². The number of halogens is 3. The highest BCUT2D eigenvalue weighted by molar-refractivity contribution is 6.54. The highest BCUT2D eigenvalue weighted by Gasteiger charge is 2.40. The summed E-state index contributed by atoms with van der Waals surface area (Å²) in [4.78, 5) is 40.9. The van der Waals surface area contributed by atoms with Crippen molar-refractivity contribution in [3.05, 3.63) is 68.8 Å². The Morgan fingerprint density at radius 2 is 1.68 bits per heavy atom. The van der Waals surface area contributed by atoms with Crippen molar-refractivity contribution in [3.8, 4) is 0 Å². The maximum Gasteiger partial charge on any atom is 0.283 e. The van der Waals surface area contributed by atoms with E-state index in [0.29, 0.717) is 37.6 Å². The third-order valence-corrected chi connectivity index (χ3v) is 6.04. The highest BCUT2D eigenvalue weighted by Crippen LogP contribution is 2.37. The van der Waals surface area contributed by atoms with Crippen molar-refractivity contribution in [1.29, 1.82) is 0 Å². The molecule has 1 fully saturated rings. The largest absolute Gasteiger partial charge is 0.378 e. The van der Waals surface area contributed by atoms with Crippen molar-refractivity contribution < 1.29 is 19.1 Å². The smallest absolute Gasteiger partial charge is 0.283 e. The average Bonchev–Trinajstić information content (AvgIpc) is 2.99. The Morgan fingerprint density at radius 3 is 2.42 bits per heavy atom. The number of anilines is 2. The molecular weight excluding hydrogens is 465 g/mol. The second-order valence-electron chi connectivity index (χ2n) is 6.82. The Kier molecular flexibility index (Phi) is 6.20. The number of nitrogens with zero attached hydrogens (tertiary/aromatic N) is 2. The summed E-state index contributed by atoms with van der Waals surface area (Å²) in [6.45, 7) is 2.00. The van der Waals surface area contributed by atoms with Crippen LogP contribution in [-0.2, 0) is 14.3 Å². The van der Waals surface area contributed by atoms with Crippen LogP contribution in [0.1, 0.15) is 10.4 Å². The van der Waals surface area contributed by atoms with Gasteiger partial charge in [0.05, 0.1) is 28.9 Å². The fourth-order valence-electron chi connectivity index (χ4n) is 3.32. The molecule has 1 saturated heterocycles. The number of ether oxygens (including phenoxy) is 1. The van der Waals surface area contributed by atoms with Crippen LogP contribution in [0.5, 0.6) is 0 Å². The van der Waals surface area contributed by atoms with Gasteiger partial charge in [-0.3, -0.25) is 14.4 Å². The third-order valence-electron chi connectivity index (χ3n) is 4.88. The summed E-state index contributed by atoms with van der Waals surface area (Å²) in [5, 5.41) is 2.85. The Labute approximate surface area is 193 Å². The van der Waals surface area contributed by atoms with Crippen LogP contribution in [0.4, 0.5) is 11.4 Å². The Hall–Kier alpha value is -2.58. The molecule has 4 rings (SSSR count). The van der Waals surface area contributed by atoms with E-state index in [0.717, 1.165) is 4.90 Å². The molecule has 10 heteroatoms. The topological polar surface area (TPSA) is 79.0 Å². The number of benzene rings is 2. The maximum absolute atomic E-state index is 13.0. The number of rotatable bonds is 4. The molecule has 0 spiro atoms. The van der Waals surface area contributed by atoms with Crippen molar-refractivity contribution in [1.82, 2.24) is 4.90 Å². The lowest BCUT2D eigenvalue weighted by molar-refractivity contribution is -0.120. The molecule has 0 atom stereocenters. The first kappa shape index (κ1) is 21.6.